The second kappa shape index (κ2) is 14.6. The molecule has 0 saturated heterocycles. The van der Waals surface area contributed by atoms with Crippen LogP contribution < -0.4 is 14.4 Å². The monoisotopic (exact) mass is 561 g/mol. The Bertz CT molecular complexity index is 1180. The first-order valence-corrected chi connectivity index (χ1v) is 15.4. The average Bonchev–Trinajstić information content (AvgIpc) is 2.90. The normalized spacial score (nSPS) is 14.3. The number of anilines is 2. The van der Waals surface area contributed by atoms with E-state index >= 15 is 0 Å². The van der Waals surface area contributed by atoms with Crippen LogP contribution in [0.1, 0.15) is 55.8 Å². The van der Waals surface area contributed by atoms with Crippen molar-refractivity contribution in [1.82, 2.24) is 4.90 Å². The molecular formula is C29H40ClN3O4S. The van der Waals surface area contributed by atoms with Crippen LogP contribution in [0, 0.1) is 5.92 Å². The van der Waals surface area contributed by atoms with Gasteiger partial charge in [0.15, 0.2) is 0 Å². The number of carbonyl (C=O) groups is 1. The summed E-state index contributed by atoms with van der Waals surface area (Å²) in [5.41, 5.74) is 1.06. The number of benzene rings is 2. The number of nitrogens with one attached hydrogen (secondary N) is 1. The van der Waals surface area contributed by atoms with Crippen LogP contribution in [0.5, 0.6) is 5.75 Å². The maximum atomic E-state index is 14.0. The zero-order chi connectivity index (χ0) is 27.5. The SMILES string of the molecule is C=CCN(CCN(C(=O)c1ccccc1NS(=O)(=O)CCC)c1ccc(OC)cc1Cl)CC1CCCCC1. The third kappa shape index (κ3) is 8.48. The van der Waals surface area contributed by atoms with E-state index in [-0.39, 0.29) is 22.9 Å². The Hall–Kier alpha value is -2.55. The lowest BCUT2D eigenvalue weighted by molar-refractivity contribution is 0.0983. The Kier molecular flexibility index (Phi) is 11.5. The van der Waals surface area contributed by atoms with E-state index in [1.165, 1.54) is 32.1 Å². The van der Waals surface area contributed by atoms with E-state index in [4.69, 9.17) is 16.3 Å². The van der Waals surface area contributed by atoms with Gasteiger partial charge in [-0.3, -0.25) is 14.4 Å². The van der Waals surface area contributed by atoms with Crippen molar-refractivity contribution in [3.63, 3.8) is 0 Å². The Labute approximate surface area is 232 Å². The van der Waals surface area contributed by atoms with E-state index < -0.39 is 10.0 Å². The largest absolute Gasteiger partial charge is 0.497 e. The number of amides is 1. The van der Waals surface area contributed by atoms with Gasteiger partial charge in [-0.2, -0.15) is 0 Å². The van der Waals surface area contributed by atoms with Gasteiger partial charge in [0.2, 0.25) is 10.0 Å². The summed E-state index contributed by atoms with van der Waals surface area (Å²) < 4.78 is 33.0. The fourth-order valence-electron chi connectivity index (χ4n) is 4.97. The van der Waals surface area contributed by atoms with E-state index in [2.05, 4.69) is 16.2 Å². The summed E-state index contributed by atoms with van der Waals surface area (Å²) in [6.45, 7) is 8.41. The highest BCUT2D eigenvalue weighted by Crippen LogP contribution is 2.32. The number of halogens is 1. The van der Waals surface area contributed by atoms with Gasteiger partial charge in [-0.05, 0) is 49.4 Å². The Morgan fingerprint density at radius 3 is 2.55 bits per heavy atom. The van der Waals surface area contributed by atoms with Gasteiger partial charge in [0, 0.05) is 32.2 Å². The molecule has 1 aliphatic rings. The van der Waals surface area contributed by atoms with Gasteiger partial charge in [-0.15, -0.1) is 6.58 Å². The molecule has 1 fully saturated rings. The Morgan fingerprint density at radius 1 is 1.16 bits per heavy atom. The quantitative estimate of drug-likeness (QED) is 0.277. The molecule has 7 nitrogen and oxygen atoms in total. The van der Waals surface area contributed by atoms with Gasteiger partial charge in [-0.25, -0.2) is 8.42 Å². The van der Waals surface area contributed by atoms with Crippen molar-refractivity contribution in [2.75, 3.05) is 48.7 Å². The highest BCUT2D eigenvalue weighted by atomic mass is 35.5. The molecule has 1 amide bonds. The number of hydrogen-bond acceptors (Lipinski definition) is 5. The van der Waals surface area contributed by atoms with E-state index in [1.807, 2.05) is 6.08 Å². The summed E-state index contributed by atoms with van der Waals surface area (Å²) in [4.78, 5) is 18.0. The maximum Gasteiger partial charge on any atom is 0.260 e. The second-order valence-electron chi connectivity index (χ2n) is 9.79. The molecule has 0 heterocycles. The molecule has 2 aromatic carbocycles. The molecule has 0 bridgehead atoms. The van der Waals surface area contributed by atoms with Crippen molar-refractivity contribution in [1.29, 1.82) is 0 Å². The van der Waals surface area contributed by atoms with Crippen molar-refractivity contribution < 1.29 is 17.9 Å². The van der Waals surface area contributed by atoms with Crippen LogP contribution >= 0.6 is 11.6 Å². The average molecular weight is 562 g/mol. The molecule has 2 aromatic rings. The van der Waals surface area contributed by atoms with E-state index in [1.54, 1.807) is 61.4 Å². The molecule has 0 spiro atoms. The van der Waals surface area contributed by atoms with E-state index in [0.717, 1.165) is 13.1 Å². The molecule has 1 N–H and O–H groups in total. The van der Waals surface area contributed by atoms with Crippen molar-refractivity contribution in [3.8, 4) is 5.75 Å². The number of hydrogen-bond donors (Lipinski definition) is 1. The van der Waals surface area contributed by atoms with Gasteiger partial charge in [0.05, 0.1) is 34.8 Å². The van der Waals surface area contributed by atoms with Gasteiger partial charge in [0.25, 0.3) is 5.91 Å². The number of rotatable bonds is 14. The summed E-state index contributed by atoms with van der Waals surface area (Å²) in [5, 5.41) is 0.379. The molecule has 1 aliphatic carbocycles. The molecule has 0 atom stereocenters. The number of nitrogens with zero attached hydrogens (tertiary/aromatic N) is 2. The minimum atomic E-state index is -3.58. The number of para-hydroxylation sites is 1. The fourth-order valence-corrected chi connectivity index (χ4v) is 6.40. The number of carbonyl (C=O) groups excluding carboxylic acids is 1. The van der Waals surface area contributed by atoms with Gasteiger partial charge in [0.1, 0.15) is 5.75 Å². The van der Waals surface area contributed by atoms with E-state index in [0.29, 0.717) is 41.9 Å². The summed E-state index contributed by atoms with van der Waals surface area (Å²) in [6, 6.07) is 11.9. The smallest absolute Gasteiger partial charge is 0.260 e. The first kappa shape index (κ1) is 30.0. The van der Waals surface area contributed by atoms with E-state index in [9.17, 15) is 13.2 Å². The van der Waals surface area contributed by atoms with Gasteiger partial charge < -0.3 is 9.64 Å². The van der Waals surface area contributed by atoms with Crippen LogP contribution in [0.3, 0.4) is 0 Å². The zero-order valence-electron chi connectivity index (χ0n) is 22.5. The van der Waals surface area contributed by atoms with Crippen LogP contribution in [-0.2, 0) is 10.0 Å². The van der Waals surface area contributed by atoms with Crippen LogP contribution in [0.2, 0.25) is 5.02 Å². The van der Waals surface area contributed by atoms with Crippen LogP contribution in [0.25, 0.3) is 0 Å². The van der Waals surface area contributed by atoms with Gasteiger partial charge in [-0.1, -0.05) is 56.0 Å². The van der Waals surface area contributed by atoms with Crippen LogP contribution in [0.4, 0.5) is 11.4 Å². The third-order valence-corrected chi connectivity index (χ3v) is 8.63. The van der Waals surface area contributed by atoms with Crippen LogP contribution in [-0.4, -0.2) is 58.3 Å². The molecule has 0 unspecified atom stereocenters. The zero-order valence-corrected chi connectivity index (χ0v) is 24.1. The molecule has 208 valence electrons. The first-order chi connectivity index (χ1) is 18.3. The van der Waals surface area contributed by atoms with Crippen molar-refractivity contribution in [3.05, 3.63) is 65.7 Å². The fraction of sp³-hybridized carbons (Fsp3) is 0.483. The molecule has 3 rings (SSSR count). The molecule has 0 aromatic heterocycles. The number of methoxy groups -OCH3 is 1. The summed E-state index contributed by atoms with van der Waals surface area (Å²) in [5.74, 6) is 0.875. The third-order valence-electron chi connectivity index (χ3n) is 6.85. The first-order valence-electron chi connectivity index (χ1n) is 13.4. The van der Waals surface area contributed by atoms with Crippen molar-refractivity contribution in [2.24, 2.45) is 5.92 Å². The molecule has 38 heavy (non-hydrogen) atoms. The minimum Gasteiger partial charge on any atom is -0.497 e. The summed E-state index contributed by atoms with van der Waals surface area (Å²) in [6.07, 6.45) is 8.66. The summed E-state index contributed by atoms with van der Waals surface area (Å²) in [7, 11) is -2.02. The number of sulfonamides is 1. The van der Waals surface area contributed by atoms with Crippen molar-refractivity contribution >= 4 is 38.9 Å². The molecule has 1 saturated carbocycles. The Balaban J connectivity index is 1.92. The predicted molar refractivity (Wildman–Crippen MR) is 157 cm³/mol. The second-order valence-corrected chi connectivity index (χ2v) is 12.0. The Morgan fingerprint density at radius 2 is 1.89 bits per heavy atom. The summed E-state index contributed by atoms with van der Waals surface area (Å²) >= 11 is 6.64. The lowest BCUT2D eigenvalue weighted by Crippen LogP contribution is -2.41. The standard InChI is InChI=1S/C29H40ClN3O4S/c1-4-17-32(22-23-11-7-6-8-12-23)18-19-33(28-16-15-24(37-3)21-26(28)30)29(34)25-13-9-10-14-27(25)31-38(35,36)20-5-2/h4,9-10,13-16,21,23,31H,1,5-8,11-12,17-20,22H2,2-3H3. The van der Waals surface area contributed by atoms with Crippen molar-refractivity contribution in [2.45, 2.75) is 45.4 Å². The lowest BCUT2D eigenvalue weighted by Gasteiger charge is -2.32. The highest BCUT2D eigenvalue weighted by molar-refractivity contribution is 7.92. The van der Waals surface area contributed by atoms with Crippen LogP contribution in [0.15, 0.2) is 55.1 Å². The number of ether oxygens (including phenoxy) is 1. The highest BCUT2D eigenvalue weighted by Gasteiger charge is 2.25. The maximum absolute atomic E-state index is 14.0. The van der Waals surface area contributed by atoms with Gasteiger partial charge >= 0.3 is 0 Å². The predicted octanol–water partition coefficient (Wildman–Crippen LogP) is 6.22. The molecular weight excluding hydrogens is 522 g/mol. The minimum absolute atomic E-state index is 0.0266. The lowest BCUT2D eigenvalue weighted by atomic mass is 9.89. The molecule has 0 aliphatic heterocycles. The topological polar surface area (TPSA) is 79.0 Å². The molecule has 0 radical (unpaired) electrons. The molecule has 9 heteroatoms.